The Labute approximate surface area is 86.4 Å². The normalized spacial score (nSPS) is 13.6. The average molecular weight is 246 g/mol. The molecule has 1 unspecified atom stereocenters. The highest BCUT2D eigenvalue weighted by Crippen LogP contribution is 2.24. The van der Waals surface area contributed by atoms with E-state index in [-0.39, 0.29) is 0 Å². The lowest BCUT2D eigenvalue weighted by Crippen LogP contribution is -1.83. The summed E-state index contributed by atoms with van der Waals surface area (Å²) in [4.78, 5) is 0.291. The van der Waals surface area contributed by atoms with Crippen molar-refractivity contribution in [2.45, 2.75) is 11.8 Å². The van der Waals surface area contributed by atoms with E-state index >= 15 is 0 Å². The Hall–Kier alpha value is -0.270. The molecule has 0 fully saturated rings. The molecule has 0 bridgehead atoms. The molecule has 0 aliphatic heterocycles. The van der Waals surface area contributed by atoms with Crippen LogP contribution >= 0.6 is 27.5 Å². The molecule has 64 valence electrons. The molecule has 0 N–H and O–H groups in total. The second-order valence-electron chi connectivity index (χ2n) is 2.48. The molecule has 0 radical (unpaired) electrons. The summed E-state index contributed by atoms with van der Waals surface area (Å²) in [5, 5.41) is 0.777. The molecular formula is C10H10BrCl. The molecule has 1 aromatic rings. The van der Waals surface area contributed by atoms with Crippen LogP contribution in [-0.4, -0.2) is 0 Å². The molecule has 0 saturated heterocycles. The van der Waals surface area contributed by atoms with Gasteiger partial charge in [-0.25, -0.2) is 0 Å². The predicted molar refractivity (Wildman–Crippen MR) is 57.9 cm³/mol. The third kappa shape index (κ3) is 2.65. The van der Waals surface area contributed by atoms with Gasteiger partial charge in [0.15, 0.2) is 0 Å². The Balaban J connectivity index is 2.82. The van der Waals surface area contributed by atoms with Gasteiger partial charge < -0.3 is 0 Å². The number of rotatable bonds is 2. The first-order valence-corrected chi connectivity index (χ1v) is 5.05. The maximum Gasteiger partial charge on any atom is 0.0575 e. The maximum absolute atomic E-state index is 5.76. The maximum atomic E-state index is 5.76. The first-order valence-electron chi connectivity index (χ1n) is 3.76. The Kier molecular flexibility index (Phi) is 3.83. The summed E-state index contributed by atoms with van der Waals surface area (Å²) in [5.41, 5.74) is 1.22. The number of halogens is 2. The highest BCUT2D eigenvalue weighted by atomic mass is 79.9. The van der Waals surface area contributed by atoms with E-state index in [1.54, 1.807) is 0 Å². The fourth-order valence-electron chi connectivity index (χ4n) is 0.927. The van der Waals surface area contributed by atoms with Crippen LogP contribution in [0.4, 0.5) is 0 Å². The Morgan fingerprint density at radius 3 is 2.42 bits per heavy atom. The molecule has 0 spiro atoms. The summed E-state index contributed by atoms with van der Waals surface area (Å²) in [6.45, 7) is 2.00. The highest BCUT2D eigenvalue weighted by Gasteiger charge is 2.00. The van der Waals surface area contributed by atoms with Gasteiger partial charge in [-0.2, -0.15) is 0 Å². The zero-order valence-corrected chi connectivity index (χ0v) is 9.14. The second-order valence-corrected chi connectivity index (χ2v) is 3.90. The minimum atomic E-state index is 0.291. The van der Waals surface area contributed by atoms with E-state index < -0.39 is 0 Å². The van der Waals surface area contributed by atoms with Crippen LogP contribution in [0.25, 0.3) is 0 Å². The first-order chi connectivity index (χ1) is 5.74. The van der Waals surface area contributed by atoms with Gasteiger partial charge in [0.05, 0.1) is 4.83 Å². The highest BCUT2D eigenvalue weighted by molar-refractivity contribution is 9.09. The van der Waals surface area contributed by atoms with Crippen LogP contribution in [0.2, 0.25) is 5.02 Å². The zero-order chi connectivity index (χ0) is 8.97. The van der Waals surface area contributed by atoms with E-state index in [4.69, 9.17) is 11.6 Å². The molecule has 1 rings (SSSR count). The van der Waals surface area contributed by atoms with Crippen LogP contribution in [0.3, 0.4) is 0 Å². The van der Waals surface area contributed by atoms with Crippen molar-refractivity contribution in [2.75, 3.05) is 0 Å². The van der Waals surface area contributed by atoms with Gasteiger partial charge in [-0.15, -0.1) is 0 Å². The first kappa shape index (κ1) is 9.82. The molecule has 0 aliphatic carbocycles. The third-order valence-corrected chi connectivity index (χ3v) is 2.64. The van der Waals surface area contributed by atoms with Crippen LogP contribution < -0.4 is 0 Å². The van der Waals surface area contributed by atoms with Crippen LogP contribution in [-0.2, 0) is 0 Å². The van der Waals surface area contributed by atoms with Crippen molar-refractivity contribution in [3.05, 3.63) is 47.0 Å². The van der Waals surface area contributed by atoms with Gasteiger partial charge in [0.25, 0.3) is 0 Å². The van der Waals surface area contributed by atoms with Crippen molar-refractivity contribution in [1.82, 2.24) is 0 Å². The molecule has 0 nitrogen and oxygen atoms in total. The fraction of sp³-hybridized carbons (Fsp3) is 0.200. The molecule has 1 atom stereocenters. The minimum Gasteiger partial charge on any atom is -0.0902 e. The standard InChI is InChI=1S/C10H10BrCl/c1-2-3-10(11)8-4-6-9(12)7-5-8/h2-7,10H,1H3. The second kappa shape index (κ2) is 4.68. The molecule has 2 heteroatoms. The van der Waals surface area contributed by atoms with Crippen molar-refractivity contribution >= 4 is 27.5 Å². The smallest absolute Gasteiger partial charge is 0.0575 e. The topological polar surface area (TPSA) is 0 Å². The van der Waals surface area contributed by atoms with E-state index in [1.165, 1.54) is 5.56 Å². The van der Waals surface area contributed by atoms with Crippen LogP contribution in [0.1, 0.15) is 17.3 Å². The molecule has 12 heavy (non-hydrogen) atoms. The monoisotopic (exact) mass is 244 g/mol. The van der Waals surface area contributed by atoms with E-state index in [2.05, 4.69) is 22.0 Å². The van der Waals surface area contributed by atoms with Gasteiger partial charge in [-0.3, -0.25) is 0 Å². The summed E-state index contributed by atoms with van der Waals surface area (Å²) in [6, 6.07) is 7.83. The third-order valence-electron chi connectivity index (χ3n) is 1.55. The quantitative estimate of drug-likeness (QED) is 0.537. The molecule has 0 aliphatic rings. The van der Waals surface area contributed by atoms with Gasteiger partial charge in [-0.05, 0) is 24.6 Å². The number of hydrogen-bond acceptors (Lipinski definition) is 0. The Bertz CT molecular complexity index is 264. The van der Waals surface area contributed by atoms with E-state index in [1.807, 2.05) is 37.3 Å². The number of alkyl halides is 1. The van der Waals surface area contributed by atoms with E-state index in [9.17, 15) is 0 Å². The van der Waals surface area contributed by atoms with Crippen molar-refractivity contribution in [2.24, 2.45) is 0 Å². The molecule has 0 heterocycles. The summed E-state index contributed by atoms with van der Waals surface area (Å²) < 4.78 is 0. The largest absolute Gasteiger partial charge is 0.0902 e. The number of allylic oxidation sites excluding steroid dienone is 2. The molecule has 0 saturated carbocycles. The average Bonchev–Trinajstić information content (AvgIpc) is 2.06. The van der Waals surface area contributed by atoms with E-state index in [0.29, 0.717) is 4.83 Å². The zero-order valence-electron chi connectivity index (χ0n) is 6.80. The molecule has 0 amide bonds. The lowest BCUT2D eigenvalue weighted by Gasteiger charge is -2.03. The van der Waals surface area contributed by atoms with Gasteiger partial charge in [0.1, 0.15) is 0 Å². The van der Waals surface area contributed by atoms with Gasteiger partial charge in [0, 0.05) is 5.02 Å². The molecular weight excluding hydrogens is 235 g/mol. The van der Waals surface area contributed by atoms with Crippen LogP contribution in [0.15, 0.2) is 36.4 Å². The van der Waals surface area contributed by atoms with Crippen molar-refractivity contribution < 1.29 is 0 Å². The minimum absolute atomic E-state index is 0.291. The van der Waals surface area contributed by atoms with Gasteiger partial charge >= 0.3 is 0 Å². The Morgan fingerprint density at radius 1 is 1.33 bits per heavy atom. The van der Waals surface area contributed by atoms with Crippen molar-refractivity contribution in [1.29, 1.82) is 0 Å². The predicted octanol–water partition coefficient (Wildman–Crippen LogP) is 4.35. The van der Waals surface area contributed by atoms with Crippen molar-refractivity contribution in [3.8, 4) is 0 Å². The summed E-state index contributed by atoms with van der Waals surface area (Å²) in [7, 11) is 0. The van der Waals surface area contributed by atoms with Gasteiger partial charge in [0.2, 0.25) is 0 Å². The summed E-state index contributed by atoms with van der Waals surface area (Å²) >= 11 is 9.30. The van der Waals surface area contributed by atoms with Gasteiger partial charge in [-0.1, -0.05) is 51.8 Å². The lowest BCUT2D eigenvalue weighted by atomic mass is 10.1. The fourth-order valence-corrected chi connectivity index (χ4v) is 1.66. The lowest BCUT2D eigenvalue weighted by molar-refractivity contribution is 1.25. The molecule has 1 aromatic carbocycles. The SMILES string of the molecule is CC=CC(Br)c1ccc(Cl)cc1. The summed E-state index contributed by atoms with van der Waals surface area (Å²) in [6.07, 6.45) is 4.11. The van der Waals surface area contributed by atoms with Crippen molar-refractivity contribution in [3.63, 3.8) is 0 Å². The number of hydrogen-bond donors (Lipinski definition) is 0. The van der Waals surface area contributed by atoms with Crippen LogP contribution in [0, 0.1) is 0 Å². The number of benzene rings is 1. The summed E-state index contributed by atoms with van der Waals surface area (Å²) in [5.74, 6) is 0. The molecule has 0 aromatic heterocycles. The van der Waals surface area contributed by atoms with Crippen LogP contribution in [0.5, 0.6) is 0 Å². The van der Waals surface area contributed by atoms with E-state index in [0.717, 1.165) is 5.02 Å². The Morgan fingerprint density at radius 2 is 1.92 bits per heavy atom.